The van der Waals surface area contributed by atoms with Gasteiger partial charge < -0.3 is 15.0 Å². The van der Waals surface area contributed by atoms with E-state index < -0.39 is 0 Å². The van der Waals surface area contributed by atoms with Gasteiger partial charge in [-0.2, -0.15) is 0 Å². The lowest BCUT2D eigenvalue weighted by Gasteiger charge is -2.21. The van der Waals surface area contributed by atoms with Gasteiger partial charge in [-0.15, -0.1) is 0 Å². The van der Waals surface area contributed by atoms with Crippen molar-refractivity contribution in [2.45, 2.75) is 18.8 Å². The summed E-state index contributed by atoms with van der Waals surface area (Å²) in [5.74, 6) is 2.39. The summed E-state index contributed by atoms with van der Waals surface area (Å²) < 4.78 is 5.25. The van der Waals surface area contributed by atoms with Crippen molar-refractivity contribution < 1.29 is 4.74 Å². The number of piperidine rings is 1. The fraction of sp³-hybridized carbons (Fsp3) is 0.400. The van der Waals surface area contributed by atoms with Gasteiger partial charge in [0.05, 0.1) is 7.11 Å². The summed E-state index contributed by atoms with van der Waals surface area (Å²) in [6.07, 6.45) is 4.34. The zero-order valence-corrected chi connectivity index (χ0v) is 11.1. The van der Waals surface area contributed by atoms with Gasteiger partial charge in [-0.3, -0.25) is 0 Å². The van der Waals surface area contributed by atoms with Gasteiger partial charge in [0.2, 0.25) is 0 Å². The van der Waals surface area contributed by atoms with Gasteiger partial charge in [0.1, 0.15) is 11.6 Å². The monoisotopic (exact) mass is 257 g/mol. The number of hydrogen-bond donors (Lipinski definition) is 2. The van der Waals surface area contributed by atoms with E-state index in [9.17, 15) is 0 Å². The number of rotatable bonds is 3. The molecule has 1 aliphatic rings. The van der Waals surface area contributed by atoms with Gasteiger partial charge in [0.15, 0.2) is 0 Å². The highest BCUT2D eigenvalue weighted by atomic mass is 16.5. The molecule has 0 amide bonds. The van der Waals surface area contributed by atoms with Crippen LogP contribution in [0.15, 0.2) is 30.5 Å². The Hall–Kier alpha value is -1.81. The predicted molar refractivity (Wildman–Crippen MR) is 75.4 cm³/mol. The first-order valence-corrected chi connectivity index (χ1v) is 6.77. The first kappa shape index (κ1) is 12.2. The van der Waals surface area contributed by atoms with Crippen molar-refractivity contribution in [3.8, 4) is 17.1 Å². The lowest BCUT2D eigenvalue weighted by atomic mass is 9.95. The third-order valence-electron chi connectivity index (χ3n) is 3.72. The maximum absolute atomic E-state index is 5.25. The number of nitrogens with zero attached hydrogens (tertiary/aromatic N) is 1. The van der Waals surface area contributed by atoms with E-state index >= 15 is 0 Å². The minimum atomic E-state index is 0.605. The van der Waals surface area contributed by atoms with Crippen molar-refractivity contribution in [3.63, 3.8) is 0 Å². The van der Waals surface area contributed by atoms with Crippen LogP contribution in [0.3, 0.4) is 0 Å². The Morgan fingerprint density at radius 1 is 1.26 bits per heavy atom. The first-order chi connectivity index (χ1) is 9.36. The standard InChI is InChI=1S/C15H19N3O/c1-19-13-4-2-3-12(9-13)15-17-10-14(18-15)11-5-7-16-8-6-11/h2-4,9-11,16H,5-8H2,1H3,(H,17,18). The molecule has 1 aromatic heterocycles. The molecule has 2 aromatic rings. The molecule has 1 aromatic carbocycles. The highest BCUT2D eigenvalue weighted by Gasteiger charge is 2.17. The molecule has 100 valence electrons. The maximum atomic E-state index is 5.25. The number of methoxy groups -OCH3 is 1. The van der Waals surface area contributed by atoms with Crippen LogP contribution in [0.2, 0.25) is 0 Å². The molecular weight excluding hydrogens is 238 g/mol. The molecule has 0 saturated carbocycles. The average molecular weight is 257 g/mol. The highest BCUT2D eigenvalue weighted by Crippen LogP contribution is 2.27. The first-order valence-electron chi connectivity index (χ1n) is 6.77. The molecule has 0 atom stereocenters. The highest BCUT2D eigenvalue weighted by molar-refractivity contribution is 5.57. The molecule has 1 fully saturated rings. The lowest BCUT2D eigenvalue weighted by molar-refractivity contribution is 0.415. The number of hydrogen-bond acceptors (Lipinski definition) is 3. The van der Waals surface area contributed by atoms with E-state index in [4.69, 9.17) is 4.74 Å². The van der Waals surface area contributed by atoms with Crippen LogP contribution in [0.5, 0.6) is 5.75 Å². The van der Waals surface area contributed by atoms with Crippen LogP contribution in [0.1, 0.15) is 24.5 Å². The van der Waals surface area contributed by atoms with E-state index in [2.05, 4.69) is 15.3 Å². The Labute approximate surface area is 113 Å². The molecule has 19 heavy (non-hydrogen) atoms. The van der Waals surface area contributed by atoms with Crippen LogP contribution in [0.4, 0.5) is 0 Å². The van der Waals surface area contributed by atoms with Crippen molar-refractivity contribution in [3.05, 3.63) is 36.2 Å². The molecule has 0 aliphatic carbocycles. The summed E-state index contributed by atoms with van der Waals surface area (Å²) in [6, 6.07) is 7.99. The molecule has 2 N–H and O–H groups in total. The van der Waals surface area contributed by atoms with E-state index in [0.717, 1.165) is 30.2 Å². The number of ether oxygens (including phenoxy) is 1. The number of aromatic nitrogens is 2. The number of H-pyrrole nitrogens is 1. The zero-order chi connectivity index (χ0) is 13.1. The molecule has 1 aliphatic heterocycles. The molecule has 1 saturated heterocycles. The van der Waals surface area contributed by atoms with E-state index in [-0.39, 0.29) is 0 Å². The maximum Gasteiger partial charge on any atom is 0.137 e. The van der Waals surface area contributed by atoms with Crippen molar-refractivity contribution in [2.75, 3.05) is 20.2 Å². The summed E-state index contributed by atoms with van der Waals surface area (Å²) in [5, 5.41) is 3.39. The summed E-state index contributed by atoms with van der Waals surface area (Å²) >= 11 is 0. The number of nitrogens with one attached hydrogen (secondary N) is 2. The molecule has 2 heterocycles. The Kier molecular flexibility index (Phi) is 3.51. The lowest BCUT2D eigenvalue weighted by Crippen LogP contribution is -2.26. The van der Waals surface area contributed by atoms with E-state index in [1.54, 1.807) is 7.11 Å². The largest absolute Gasteiger partial charge is 0.497 e. The Balaban J connectivity index is 1.83. The second-order valence-electron chi connectivity index (χ2n) is 4.94. The minimum absolute atomic E-state index is 0.605. The predicted octanol–water partition coefficient (Wildman–Crippen LogP) is 2.55. The molecule has 0 spiro atoms. The van der Waals surface area contributed by atoms with Gasteiger partial charge in [0, 0.05) is 23.4 Å². The third-order valence-corrected chi connectivity index (χ3v) is 3.72. The summed E-state index contributed by atoms with van der Waals surface area (Å²) in [5.41, 5.74) is 2.32. The van der Waals surface area contributed by atoms with Gasteiger partial charge in [0.25, 0.3) is 0 Å². The second kappa shape index (κ2) is 5.45. The Bertz CT molecular complexity index is 544. The Morgan fingerprint density at radius 2 is 2.11 bits per heavy atom. The van der Waals surface area contributed by atoms with Gasteiger partial charge >= 0.3 is 0 Å². The van der Waals surface area contributed by atoms with E-state index in [1.807, 2.05) is 30.5 Å². The normalized spacial score (nSPS) is 16.5. The molecule has 3 rings (SSSR count). The SMILES string of the molecule is COc1cccc(-c2ncc(C3CCNCC3)[nH]2)c1. The molecule has 0 unspecified atom stereocenters. The number of benzene rings is 1. The zero-order valence-electron chi connectivity index (χ0n) is 11.1. The molecule has 4 nitrogen and oxygen atoms in total. The van der Waals surface area contributed by atoms with Crippen molar-refractivity contribution in [1.82, 2.24) is 15.3 Å². The third kappa shape index (κ3) is 2.63. The summed E-state index contributed by atoms with van der Waals surface area (Å²) in [4.78, 5) is 7.96. The Morgan fingerprint density at radius 3 is 2.89 bits per heavy atom. The summed E-state index contributed by atoms with van der Waals surface area (Å²) in [6.45, 7) is 2.19. The fourth-order valence-electron chi connectivity index (χ4n) is 2.59. The topological polar surface area (TPSA) is 49.9 Å². The molecule has 0 bridgehead atoms. The van der Waals surface area contributed by atoms with Crippen LogP contribution in [-0.4, -0.2) is 30.2 Å². The fourth-order valence-corrected chi connectivity index (χ4v) is 2.59. The van der Waals surface area contributed by atoms with E-state index in [0.29, 0.717) is 5.92 Å². The van der Waals surface area contributed by atoms with Crippen LogP contribution >= 0.6 is 0 Å². The quantitative estimate of drug-likeness (QED) is 0.888. The number of aromatic amines is 1. The average Bonchev–Trinajstić information content (AvgIpc) is 2.98. The van der Waals surface area contributed by atoms with Gasteiger partial charge in [-0.05, 0) is 38.1 Å². The van der Waals surface area contributed by atoms with E-state index in [1.165, 1.54) is 18.5 Å². The minimum Gasteiger partial charge on any atom is -0.497 e. The smallest absolute Gasteiger partial charge is 0.137 e. The molecular formula is C15H19N3O. The number of imidazole rings is 1. The van der Waals surface area contributed by atoms with Crippen molar-refractivity contribution in [1.29, 1.82) is 0 Å². The van der Waals surface area contributed by atoms with Crippen molar-refractivity contribution >= 4 is 0 Å². The van der Waals surface area contributed by atoms with Crippen LogP contribution in [-0.2, 0) is 0 Å². The summed E-state index contributed by atoms with van der Waals surface area (Å²) in [7, 11) is 1.68. The van der Waals surface area contributed by atoms with Crippen LogP contribution in [0, 0.1) is 0 Å². The molecule has 0 radical (unpaired) electrons. The van der Waals surface area contributed by atoms with Crippen LogP contribution in [0.25, 0.3) is 11.4 Å². The van der Waals surface area contributed by atoms with Crippen molar-refractivity contribution in [2.24, 2.45) is 0 Å². The van der Waals surface area contributed by atoms with Crippen LogP contribution < -0.4 is 10.1 Å². The second-order valence-corrected chi connectivity index (χ2v) is 4.94. The molecule has 4 heteroatoms. The van der Waals surface area contributed by atoms with Gasteiger partial charge in [-0.25, -0.2) is 4.98 Å². The van der Waals surface area contributed by atoms with Gasteiger partial charge in [-0.1, -0.05) is 12.1 Å².